The molecule has 1 saturated heterocycles. The molecule has 0 bridgehead atoms. The maximum absolute atomic E-state index is 3.48. The van der Waals surface area contributed by atoms with Crippen LogP contribution in [-0.4, -0.2) is 17.7 Å². The number of hydrogen-bond donors (Lipinski definition) is 1. The molecule has 1 unspecified atom stereocenters. The summed E-state index contributed by atoms with van der Waals surface area (Å²) in [6.07, 6.45) is 5.55. The summed E-state index contributed by atoms with van der Waals surface area (Å²) in [5, 5.41) is 3.48. The van der Waals surface area contributed by atoms with Crippen LogP contribution in [0.15, 0.2) is 0 Å². The predicted octanol–water partition coefficient (Wildman–Crippen LogP) is 2.23. The molecule has 0 aliphatic carbocycles. The topological polar surface area (TPSA) is 12.0 Å². The van der Waals surface area contributed by atoms with E-state index < -0.39 is 0 Å². The molecule has 60 valence electrons. The molecule has 0 radical (unpaired) electrons. The van der Waals surface area contributed by atoms with E-state index >= 15 is 0 Å². The zero-order chi connectivity index (χ0) is 7.23. The SMILES string of the molecule is CCCCCC1CSCN1. The van der Waals surface area contributed by atoms with E-state index in [1.54, 1.807) is 0 Å². The summed E-state index contributed by atoms with van der Waals surface area (Å²) in [4.78, 5) is 0. The van der Waals surface area contributed by atoms with Gasteiger partial charge in [0.25, 0.3) is 0 Å². The highest BCUT2D eigenvalue weighted by Gasteiger charge is 2.12. The van der Waals surface area contributed by atoms with Gasteiger partial charge in [-0.2, -0.15) is 0 Å². The van der Waals surface area contributed by atoms with E-state index in [0.29, 0.717) is 0 Å². The molecule has 1 heterocycles. The largest absolute Gasteiger partial charge is 0.304 e. The molecule has 1 N–H and O–H groups in total. The first kappa shape index (κ1) is 8.41. The molecule has 1 aliphatic heterocycles. The van der Waals surface area contributed by atoms with Crippen molar-refractivity contribution in [3.63, 3.8) is 0 Å². The third-order valence-corrected chi connectivity index (χ3v) is 2.96. The highest BCUT2D eigenvalue weighted by Crippen LogP contribution is 2.14. The monoisotopic (exact) mass is 159 g/mol. The molecular formula is C8H17NS. The van der Waals surface area contributed by atoms with Crippen molar-refractivity contribution in [3.05, 3.63) is 0 Å². The van der Waals surface area contributed by atoms with Crippen molar-refractivity contribution in [1.82, 2.24) is 5.32 Å². The molecule has 0 amide bonds. The molecule has 1 nitrogen and oxygen atoms in total. The van der Waals surface area contributed by atoms with Crippen molar-refractivity contribution >= 4 is 11.8 Å². The summed E-state index contributed by atoms with van der Waals surface area (Å²) in [6, 6.07) is 0.830. The molecule has 0 saturated carbocycles. The zero-order valence-corrected chi connectivity index (χ0v) is 7.54. The van der Waals surface area contributed by atoms with E-state index in [2.05, 4.69) is 12.2 Å². The van der Waals surface area contributed by atoms with E-state index in [4.69, 9.17) is 0 Å². The Morgan fingerprint density at radius 1 is 1.50 bits per heavy atom. The smallest absolute Gasteiger partial charge is 0.0420 e. The van der Waals surface area contributed by atoms with Crippen molar-refractivity contribution in [2.75, 3.05) is 11.6 Å². The Morgan fingerprint density at radius 2 is 2.40 bits per heavy atom. The number of thioether (sulfide) groups is 1. The lowest BCUT2D eigenvalue weighted by Gasteiger charge is -2.06. The molecule has 10 heavy (non-hydrogen) atoms. The van der Waals surface area contributed by atoms with Gasteiger partial charge < -0.3 is 5.32 Å². The standard InChI is InChI=1S/C8H17NS/c1-2-3-4-5-8-6-10-7-9-8/h8-9H,2-7H2,1H3. The van der Waals surface area contributed by atoms with E-state index in [-0.39, 0.29) is 0 Å². The van der Waals surface area contributed by atoms with Crippen LogP contribution in [0.4, 0.5) is 0 Å². The summed E-state index contributed by atoms with van der Waals surface area (Å²) in [7, 11) is 0. The molecule has 1 fully saturated rings. The fourth-order valence-electron chi connectivity index (χ4n) is 1.26. The van der Waals surface area contributed by atoms with Gasteiger partial charge in [-0.3, -0.25) is 0 Å². The van der Waals surface area contributed by atoms with Crippen LogP contribution in [0.1, 0.15) is 32.6 Å². The van der Waals surface area contributed by atoms with Crippen molar-refractivity contribution < 1.29 is 0 Å². The van der Waals surface area contributed by atoms with Gasteiger partial charge in [-0.05, 0) is 6.42 Å². The summed E-state index contributed by atoms with van der Waals surface area (Å²) in [5.41, 5.74) is 0. The van der Waals surface area contributed by atoms with Gasteiger partial charge in [-0.25, -0.2) is 0 Å². The summed E-state index contributed by atoms with van der Waals surface area (Å²) >= 11 is 2.03. The molecule has 0 spiro atoms. The minimum Gasteiger partial charge on any atom is -0.304 e. The first-order chi connectivity index (χ1) is 4.93. The fourth-order valence-corrected chi connectivity index (χ4v) is 2.30. The van der Waals surface area contributed by atoms with Crippen molar-refractivity contribution in [2.45, 2.75) is 38.6 Å². The maximum atomic E-state index is 3.48. The van der Waals surface area contributed by atoms with E-state index in [1.165, 1.54) is 37.3 Å². The summed E-state index contributed by atoms with van der Waals surface area (Å²) in [5.74, 6) is 2.51. The third kappa shape index (κ3) is 2.93. The number of unbranched alkanes of at least 4 members (excludes halogenated alkanes) is 2. The van der Waals surface area contributed by atoms with Crippen LogP contribution in [0.3, 0.4) is 0 Å². The molecule has 1 aliphatic rings. The minimum atomic E-state index is 0.830. The molecule has 0 aromatic rings. The van der Waals surface area contributed by atoms with E-state index in [1.807, 2.05) is 11.8 Å². The van der Waals surface area contributed by atoms with Crippen molar-refractivity contribution in [2.24, 2.45) is 0 Å². The normalized spacial score (nSPS) is 25.5. The summed E-state index contributed by atoms with van der Waals surface area (Å²) in [6.45, 7) is 2.26. The maximum Gasteiger partial charge on any atom is 0.0420 e. The first-order valence-corrected chi connectivity index (χ1v) is 5.40. The van der Waals surface area contributed by atoms with Gasteiger partial charge in [0.2, 0.25) is 0 Å². The number of hydrogen-bond acceptors (Lipinski definition) is 2. The first-order valence-electron chi connectivity index (χ1n) is 4.24. The van der Waals surface area contributed by atoms with E-state index in [0.717, 1.165) is 6.04 Å². The zero-order valence-electron chi connectivity index (χ0n) is 6.73. The van der Waals surface area contributed by atoms with Gasteiger partial charge >= 0.3 is 0 Å². The van der Waals surface area contributed by atoms with Gasteiger partial charge in [0.15, 0.2) is 0 Å². The Labute approximate surface area is 68.0 Å². The van der Waals surface area contributed by atoms with Crippen LogP contribution >= 0.6 is 11.8 Å². The Balaban J connectivity index is 1.91. The molecule has 0 aromatic carbocycles. The third-order valence-electron chi connectivity index (χ3n) is 1.95. The minimum absolute atomic E-state index is 0.830. The second-order valence-corrected chi connectivity index (χ2v) is 3.94. The number of rotatable bonds is 4. The highest BCUT2D eigenvalue weighted by atomic mass is 32.2. The number of nitrogens with one attached hydrogen (secondary N) is 1. The van der Waals surface area contributed by atoms with Gasteiger partial charge in [0.05, 0.1) is 0 Å². The lowest BCUT2D eigenvalue weighted by atomic mass is 10.1. The van der Waals surface area contributed by atoms with Crippen LogP contribution in [-0.2, 0) is 0 Å². The van der Waals surface area contributed by atoms with E-state index in [9.17, 15) is 0 Å². The van der Waals surface area contributed by atoms with Crippen molar-refractivity contribution in [1.29, 1.82) is 0 Å². The second kappa shape index (κ2) is 5.03. The quantitative estimate of drug-likeness (QED) is 0.631. The Hall–Kier alpha value is 0.310. The van der Waals surface area contributed by atoms with Crippen molar-refractivity contribution in [3.8, 4) is 0 Å². The molecule has 1 atom stereocenters. The molecule has 1 rings (SSSR count). The van der Waals surface area contributed by atoms with Crippen LogP contribution in [0.5, 0.6) is 0 Å². The van der Waals surface area contributed by atoms with Crippen LogP contribution in [0.25, 0.3) is 0 Å². The molecule has 0 aromatic heterocycles. The average molecular weight is 159 g/mol. The molecule has 2 heteroatoms. The summed E-state index contributed by atoms with van der Waals surface area (Å²) < 4.78 is 0. The van der Waals surface area contributed by atoms with Gasteiger partial charge in [0.1, 0.15) is 0 Å². The Kier molecular flexibility index (Phi) is 4.23. The Bertz CT molecular complexity index is 79.3. The van der Waals surface area contributed by atoms with Gasteiger partial charge in [-0.15, -0.1) is 11.8 Å². The van der Waals surface area contributed by atoms with Gasteiger partial charge in [-0.1, -0.05) is 26.2 Å². The average Bonchev–Trinajstić information content (AvgIpc) is 2.41. The fraction of sp³-hybridized carbons (Fsp3) is 1.00. The lowest BCUT2D eigenvalue weighted by Crippen LogP contribution is -2.23. The molecular weight excluding hydrogens is 142 g/mol. The van der Waals surface area contributed by atoms with Crippen LogP contribution < -0.4 is 5.32 Å². The van der Waals surface area contributed by atoms with Crippen LogP contribution in [0.2, 0.25) is 0 Å². The lowest BCUT2D eigenvalue weighted by molar-refractivity contribution is 0.540. The second-order valence-electron chi connectivity index (χ2n) is 2.91. The highest BCUT2D eigenvalue weighted by molar-refractivity contribution is 7.99. The van der Waals surface area contributed by atoms with Gasteiger partial charge in [0, 0.05) is 17.7 Å². The predicted molar refractivity (Wildman–Crippen MR) is 48.4 cm³/mol. The Morgan fingerprint density at radius 3 is 3.00 bits per heavy atom. The van der Waals surface area contributed by atoms with Crippen LogP contribution in [0, 0.1) is 0 Å².